The number of carboxylic acid groups (broad SMARTS) is 4. The molecule has 0 amide bonds. The summed E-state index contributed by atoms with van der Waals surface area (Å²) in [6.45, 7) is 1.91. The molecule has 0 saturated carbocycles. The Morgan fingerprint density at radius 2 is 1.48 bits per heavy atom. The van der Waals surface area contributed by atoms with Gasteiger partial charge in [0.05, 0.1) is 34.0 Å². The van der Waals surface area contributed by atoms with Gasteiger partial charge in [-0.15, -0.1) is 0 Å². The number of rotatable bonds is 10. The number of hydrogen-bond donors (Lipinski definition) is 5. The van der Waals surface area contributed by atoms with Crippen molar-refractivity contribution in [1.29, 1.82) is 0 Å². The number of hydrogen-bond acceptors (Lipinski definition) is 9. The van der Waals surface area contributed by atoms with Crippen LogP contribution in [0.3, 0.4) is 0 Å². The van der Waals surface area contributed by atoms with Crippen molar-refractivity contribution >= 4 is 45.7 Å². The van der Waals surface area contributed by atoms with Gasteiger partial charge in [0.2, 0.25) is 10.0 Å². The zero-order chi connectivity index (χ0) is 34.3. The van der Waals surface area contributed by atoms with Crippen molar-refractivity contribution in [3.63, 3.8) is 0 Å². The maximum absolute atomic E-state index is 12.9. The second-order valence-corrected chi connectivity index (χ2v) is 10.9. The van der Waals surface area contributed by atoms with Crippen LogP contribution in [0.5, 0.6) is 0 Å². The SMILES string of the molecule is CNc1cc(-c2ncccc2C)n(S(=O)(=O)CC=Cc2cccnc2)c1.O=C(O)/C=C/C(=O)O.O=C(O)c1cccc(C(=O)O)c1. The van der Waals surface area contributed by atoms with Gasteiger partial charge in [0.1, 0.15) is 0 Å². The van der Waals surface area contributed by atoms with Gasteiger partial charge in [0, 0.05) is 44.0 Å². The van der Waals surface area contributed by atoms with E-state index in [0.29, 0.717) is 29.2 Å². The average Bonchev–Trinajstić information content (AvgIpc) is 3.47. The summed E-state index contributed by atoms with van der Waals surface area (Å²) >= 11 is 0. The highest BCUT2D eigenvalue weighted by Gasteiger charge is 2.20. The van der Waals surface area contributed by atoms with Gasteiger partial charge in [-0.25, -0.2) is 31.6 Å². The van der Waals surface area contributed by atoms with Gasteiger partial charge in [-0.1, -0.05) is 30.4 Å². The van der Waals surface area contributed by atoms with Gasteiger partial charge >= 0.3 is 23.9 Å². The molecule has 14 nitrogen and oxygen atoms in total. The number of aliphatic carboxylic acids is 2. The van der Waals surface area contributed by atoms with E-state index in [0.717, 1.165) is 17.2 Å². The third-order valence-corrected chi connectivity index (χ3v) is 7.17. The van der Waals surface area contributed by atoms with Gasteiger partial charge in [0.25, 0.3) is 0 Å². The number of nitrogens with one attached hydrogen (secondary N) is 1. The van der Waals surface area contributed by atoms with E-state index in [4.69, 9.17) is 20.4 Å². The Balaban J connectivity index is 0.000000303. The number of aryl methyl sites for hydroxylation is 1. The standard InChI is InChI=1S/C19H20N4O2S.C8H6O4.C4H4O4/c1-15-6-3-10-22-19(15)18-12-17(20-2)14-23(18)26(24,25)11-5-8-16-7-4-9-21-13-16;9-7(10)5-2-1-3-6(4-5)8(11)12;5-3(6)1-2-4(7)8/h3-10,12-14,20H,11H2,1-2H3;1-4H,(H,9,10)(H,11,12);1-2H,(H,5,6)(H,7,8)/b;;2-1+. The van der Waals surface area contributed by atoms with Crippen LogP contribution >= 0.6 is 0 Å². The Labute approximate surface area is 263 Å². The Kier molecular flexibility index (Phi) is 13.6. The van der Waals surface area contributed by atoms with E-state index in [1.807, 2.05) is 25.1 Å². The van der Waals surface area contributed by atoms with Crippen molar-refractivity contribution in [2.24, 2.45) is 0 Å². The van der Waals surface area contributed by atoms with Crippen LogP contribution in [0.2, 0.25) is 0 Å². The molecule has 0 aliphatic rings. The average molecular weight is 651 g/mol. The number of anilines is 1. The molecule has 0 spiro atoms. The zero-order valence-electron chi connectivity index (χ0n) is 24.5. The second kappa shape index (κ2) is 17.3. The van der Waals surface area contributed by atoms with E-state index in [2.05, 4.69) is 15.3 Å². The minimum atomic E-state index is -3.59. The van der Waals surface area contributed by atoms with Gasteiger partial charge in [-0.2, -0.15) is 0 Å². The first-order valence-corrected chi connectivity index (χ1v) is 14.7. The summed E-state index contributed by atoms with van der Waals surface area (Å²) in [4.78, 5) is 48.2. The lowest BCUT2D eigenvalue weighted by molar-refractivity contribution is -0.134. The van der Waals surface area contributed by atoms with Crippen molar-refractivity contribution in [1.82, 2.24) is 13.9 Å². The summed E-state index contributed by atoms with van der Waals surface area (Å²) in [5.41, 5.74) is 3.63. The van der Waals surface area contributed by atoms with Crippen LogP contribution in [0.4, 0.5) is 5.69 Å². The van der Waals surface area contributed by atoms with Gasteiger partial charge < -0.3 is 25.7 Å². The summed E-state index contributed by atoms with van der Waals surface area (Å²) in [7, 11) is -1.83. The number of pyridine rings is 2. The smallest absolute Gasteiger partial charge is 0.335 e. The molecule has 0 aliphatic carbocycles. The monoisotopic (exact) mass is 650 g/mol. The molecule has 5 N–H and O–H groups in total. The van der Waals surface area contributed by atoms with E-state index in [-0.39, 0.29) is 16.9 Å². The predicted octanol–water partition coefficient (Wildman–Crippen LogP) is 3.98. The Morgan fingerprint density at radius 3 is 1.98 bits per heavy atom. The van der Waals surface area contributed by atoms with E-state index >= 15 is 0 Å². The molecule has 0 aliphatic heterocycles. The summed E-state index contributed by atoms with van der Waals surface area (Å²) in [5, 5.41) is 35.6. The normalized spacial score (nSPS) is 10.7. The minimum Gasteiger partial charge on any atom is -0.478 e. The van der Waals surface area contributed by atoms with E-state index in [9.17, 15) is 27.6 Å². The van der Waals surface area contributed by atoms with E-state index in [1.54, 1.807) is 56.1 Å². The topological polar surface area (TPSA) is 226 Å². The van der Waals surface area contributed by atoms with Crippen molar-refractivity contribution in [3.8, 4) is 11.4 Å². The van der Waals surface area contributed by atoms with Crippen LogP contribution < -0.4 is 5.32 Å². The number of aromatic nitrogens is 3. The maximum Gasteiger partial charge on any atom is 0.335 e. The molecule has 0 bridgehead atoms. The fraction of sp³-hybridized carbons (Fsp3) is 0.0968. The molecule has 3 heterocycles. The van der Waals surface area contributed by atoms with Crippen molar-refractivity contribution in [2.45, 2.75) is 6.92 Å². The Morgan fingerprint density at radius 1 is 0.870 bits per heavy atom. The highest BCUT2D eigenvalue weighted by Crippen LogP contribution is 2.27. The van der Waals surface area contributed by atoms with Crippen LogP contribution in [-0.2, 0) is 19.6 Å². The first-order chi connectivity index (χ1) is 21.7. The predicted molar refractivity (Wildman–Crippen MR) is 169 cm³/mol. The third kappa shape index (κ3) is 11.5. The molecular formula is C31H30N4O10S. The van der Waals surface area contributed by atoms with Crippen LogP contribution in [0, 0.1) is 6.92 Å². The van der Waals surface area contributed by atoms with Crippen molar-refractivity contribution < 1.29 is 48.0 Å². The maximum atomic E-state index is 12.9. The molecule has 15 heteroatoms. The lowest BCUT2D eigenvalue weighted by Gasteiger charge is -2.10. The molecule has 0 unspecified atom stereocenters. The third-order valence-electron chi connectivity index (χ3n) is 5.65. The summed E-state index contributed by atoms with van der Waals surface area (Å²) in [5.74, 6) is -4.89. The molecule has 3 aromatic heterocycles. The molecule has 0 radical (unpaired) electrons. The molecule has 0 atom stereocenters. The van der Waals surface area contributed by atoms with Crippen LogP contribution in [0.15, 0.2) is 97.6 Å². The van der Waals surface area contributed by atoms with Crippen LogP contribution in [0.1, 0.15) is 31.8 Å². The lowest BCUT2D eigenvalue weighted by Crippen LogP contribution is -2.16. The summed E-state index contributed by atoms with van der Waals surface area (Å²) in [6, 6.07) is 14.4. The van der Waals surface area contributed by atoms with Crippen molar-refractivity contribution in [3.05, 3.63) is 120 Å². The lowest BCUT2D eigenvalue weighted by atomic mass is 10.1. The highest BCUT2D eigenvalue weighted by atomic mass is 32.2. The number of carboxylic acids is 4. The second-order valence-electron chi connectivity index (χ2n) is 9.00. The van der Waals surface area contributed by atoms with Gasteiger partial charge in [-0.05, 0) is 54.4 Å². The number of carbonyl (C=O) groups is 4. The molecule has 46 heavy (non-hydrogen) atoms. The Hall–Kier alpha value is -6.09. The van der Waals surface area contributed by atoms with E-state index < -0.39 is 33.9 Å². The number of aromatic carboxylic acids is 2. The summed E-state index contributed by atoms with van der Waals surface area (Å²) < 4.78 is 27.1. The van der Waals surface area contributed by atoms with Crippen molar-refractivity contribution in [2.75, 3.05) is 18.1 Å². The fourth-order valence-electron chi connectivity index (χ4n) is 3.53. The molecule has 240 valence electrons. The Bertz CT molecular complexity index is 1800. The first kappa shape index (κ1) is 36.1. The first-order valence-electron chi connectivity index (χ1n) is 13.1. The molecule has 1 aromatic carbocycles. The fourth-order valence-corrected chi connectivity index (χ4v) is 4.74. The zero-order valence-corrected chi connectivity index (χ0v) is 25.3. The van der Waals surface area contributed by atoms with Crippen LogP contribution in [0.25, 0.3) is 17.5 Å². The van der Waals surface area contributed by atoms with Gasteiger partial charge in [0.15, 0.2) is 0 Å². The number of benzene rings is 1. The van der Waals surface area contributed by atoms with E-state index in [1.165, 1.54) is 22.2 Å². The molecular weight excluding hydrogens is 620 g/mol. The molecule has 0 fully saturated rings. The number of nitrogens with zero attached hydrogens (tertiary/aromatic N) is 3. The highest BCUT2D eigenvalue weighted by molar-refractivity contribution is 7.90. The van der Waals surface area contributed by atoms with Crippen LogP contribution in [-0.4, -0.2) is 79.5 Å². The molecule has 0 saturated heterocycles. The minimum absolute atomic E-state index is 0.0186. The largest absolute Gasteiger partial charge is 0.478 e. The molecule has 4 aromatic rings. The summed E-state index contributed by atoms with van der Waals surface area (Å²) in [6.07, 6.45) is 11.1. The van der Waals surface area contributed by atoms with Gasteiger partial charge in [-0.3, -0.25) is 9.97 Å². The molecule has 4 rings (SSSR count). The quantitative estimate of drug-likeness (QED) is 0.153.